The van der Waals surface area contributed by atoms with Crippen molar-refractivity contribution in [3.63, 3.8) is 0 Å². The molecule has 1 rings (SSSR count). The Kier molecular flexibility index (Phi) is 4.76. The lowest BCUT2D eigenvalue weighted by Gasteiger charge is -2.29. The molecular weight excluding hydrogens is 184 g/mol. The first-order chi connectivity index (χ1) is 7.24. The van der Waals surface area contributed by atoms with Gasteiger partial charge in [0, 0.05) is 11.9 Å². The summed E-state index contributed by atoms with van der Waals surface area (Å²) in [6.45, 7) is 7.61. The molecule has 0 spiro atoms. The van der Waals surface area contributed by atoms with E-state index in [1.807, 2.05) is 6.20 Å². The summed E-state index contributed by atoms with van der Waals surface area (Å²) in [5, 5.41) is 0. The average molecular weight is 206 g/mol. The van der Waals surface area contributed by atoms with E-state index in [0.29, 0.717) is 6.04 Å². The first-order valence-corrected chi connectivity index (χ1v) is 5.84. The van der Waals surface area contributed by atoms with Gasteiger partial charge in [-0.05, 0) is 45.0 Å². The zero-order valence-corrected chi connectivity index (χ0v) is 10.3. The lowest BCUT2D eigenvalue weighted by Crippen LogP contribution is -2.36. The zero-order chi connectivity index (χ0) is 11.3. The molecule has 1 heterocycles. The number of hydrogen-bond acceptors (Lipinski definition) is 2. The summed E-state index contributed by atoms with van der Waals surface area (Å²) >= 11 is 0. The van der Waals surface area contributed by atoms with Crippen LogP contribution in [0.5, 0.6) is 0 Å². The summed E-state index contributed by atoms with van der Waals surface area (Å²) < 4.78 is 0. The fourth-order valence-electron chi connectivity index (χ4n) is 2.07. The van der Waals surface area contributed by atoms with Crippen molar-refractivity contribution in [1.29, 1.82) is 0 Å². The van der Waals surface area contributed by atoms with Crippen LogP contribution in [0, 0.1) is 0 Å². The van der Waals surface area contributed by atoms with Crippen LogP contribution in [-0.4, -0.2) is 30.2 Å². The standard InChI is InChI=1S/C13H22N2/c1-5-10-15(4)13-8-9-14-12(7-3)11(13)6-2/h6,8-9,13H,5,7,10H2,1-4H3/b11-6-. The smallest absolute Gasteiger partial charge is 0.0561 e. The van der Waals surface area contributed by atoms with E-state index in [1.165, 1.54) is 17.7 Å². The predicted octanol–water partition coefficient (Wildman–Crippen LogP) is 3.02. The maximum Gasteiger partial charge on any atom is 0.0561 e. The Balaban J connectivity index is 2.83. The predicted molar refractivity (Wildman–Crippen MR) is 67.3 cm³/mol. The Morgan fingerprint density at radius 2 is 2.20 bits per heavy atom. The van der Waals surface area contributed by atoms with Crippen LogP contribution in [0.15, 0.2) is 28.9 Å². The minimum absolute atomic E-state index is 0.419. The molecule has 0 radical (unpaired) electrons. The van der Waals surface area contributed by atoms with Crippen LogP contribution in [0.3, 0.4) is 0 Å². The number of aliphatic imine (C=N–C) groups is 1. The summed E-state index contributed by atoms with van der Waals surface area (Å²) in [7, 11) is 2.18. The third-order valence-corrected chi connectivity index (χ3v) is 2.85. The van der Waals surface area contributed by atoms with Crippen molar-refractivity contribution in [1.82, 2.24) is 4.90 Å². The Labute approximate surface area is 93.4 Å². The van der Waals surface area contributed by atoms with Crippen molar-refractivity contribution in [2.75, 3.05) is 13.6 Å². The number of allylic oxidation sites excluding steroid dienone is 1. The summed E-state index contributed by atoms with van der Waals surface area (Å²) in [5.41, 5.74) is 2.60. The number of hydrogen-bond donors (Lipinski definition) is 0. The summed E-state index contributed by atoms with van der Waals surface area (Å²) in [5.74, 6) is 0. The molecule has 15 heavy (non-hydrogen) atoms. The molecule has 0 aliphatic carbocycles. The number of rotatable bonds is 4. The highest BCUT2D eigenvalue weighted by Gasteiger charge is 2.20. The van der Waals surface area contributed by atoms with Crippen molar-refractivity contribution >= 4 is 5.71 Å². The summed E-state index contributed by atoms with van der Waals surface area (Å²) in [6, 6.07) is 0.419. The SMILES string of the molecule is C/C=C1/C(CC)=NC=CC1N(C)CCC. The molecule has 0 saturated carbocycles. The van der Waals surface area contributed by atoms with Gasteiger partial charge in [-0.2, -0.15) is 0 Å². The number of likely N-dealkylation sites (N-methyl/N-ethyl adjacent to an activating group) is 1. The molecule has 2 nitrogen and oxygen atoms in total. The van der Waals surface area contributed by atoms with Crippen molar-refractivity contribution in [3.05, 3.63) is 23.9 Å². The minimum atomic E-state index is 0.419. The molecule has 0 N–H and O–H groups in total. The molecule has 0 aromatic carbocycles. The highest BCUT2D eigenvalue weighted by Crippen LogP contribution is 2.19. The second-order valence-electron chi connectivity index (χ2n) is 3.94. The third kappa shape index (κ3) is 2.78. The van der Waals surface area contributed by atoms with Crippen LogP contribution >= 0.6 is 0 Å². The zero-order valence-electron chi connectivity index (χ0n) is 10.3. The third-order valence-electron chi connectivity index (χ3n) is 2.85. The van der Waals surface area contributed by atoms with Crippen LogP contribution < -0.4 is 0 Å². The van der Waals surface area contributed by atoms with E-state index >= 15 is 0 Å². The van der Waals surface area contributed by atoms with E-state index in [4.69, 9.17) is 0 Å². The van der Waals surface area contributed by atoms with Gasteiger partial charge in [-0.3, -0.25) is 9.89 Å². The van der Waals surface area contributed by atoms with Gasteiger partial charge in [-0.15, -0.1) is 0 Å². The first-order valence-electron chi connectivity index (χ1n) is 5.84. The fraction of sp³-hybridized carbons (Fsp3) is 0.615. The molecular formula is C13H22N2. The number of nitrogens with zero attached hydrogens (tertiary/aromatic N) is 2. The summed E-state index contributed by atoms with van der Waals surface area (Å²) in [6.07, 6.45) is 8.53. The molecule has 0 bridgehead atoms. The highest BCUT2D eigenvalue weighted by molar-refractivity contribution is 6.02. The van der Waals surface area contributed by atoms with Crippen molar-refractivity contribution in [3.8, 4) is 0 Å². The quantitative estimate of drug-likeness (QED) is 0.690. The normalized spacial score (nSPS) is 23.7. The van der Waals surface area contributed by atoms with E-state index in [0.717, 1.165) is 13.0 Å². The van der Waals surface area contributed by atoms with Crippen molar-refractivity contribution in [2.45, 2.75) is 39.7 Å². The van der Waals surface area contributed by atoms with Gasteiger partial charge in [0.25, 0.3) is 0 Å². The minimum Gasteiger partial charge on any atom is -0.296 e. The maximum atomic E-state index is 4.43. The summed E-state index contributed by atoms with van der Waals surface area (Å²) in [4.78, 5) is 6.82. The molecule has 1 aliphatic rings. The van der Waals surface area contributed by atoms with Gasteiger partial charge in [-0.25, -0.2) is 0 Å². The Morgan fingerprint density at radius 1 is 1.47 bits per heavy atom. The Morgan fingerprint density at radius 3 is 2.73 bits per heavy atom. The van der Waals surface area contributed by atoms with Crippen LogP contribution in [0.2, 0.25) is 0 Å². The lowest BCUT2D eigenvalue weighted by molar-refractivity contribution is 0.313. The lowest BCUT2D eigenvalue weighted by atomic mass is 9.96. The largest absolute Gasteiger partial charge is 0.296 e. The molecule has 1 aliphatic heterocycles. The van der Waals surface area contributed by atoms with Crippen LogP contribution in [0.4, 0.5) is 0 Å². The molecule has 0 saturated heterocycles. The molecule has 0 fully saturated rings. The first kappa shape index (κ1) is 12.2. The topological polar surface area (TPSA) is 15.6 Å². The van der Waals surface area contributed by atoms with Crippen LogP contribution in [0.25, 0.3) is 0 Å². The van der Waals surface area contributed by atoms with E-state index in [2.05, 4.69) is 49.9 Å². The molecule has 0 aromatic rings. The van der Waals surface area contributed by atoms with E-state index in [-0.39, 0.29) is 0 Å². The average Bonchev–Trinajstić information content (AvgIpc) is 2.28. The van der Waals surface area contributed by atoms with E-state index < -0.39 is 0 Å². The van der Waals surface area contributed by atoms with Gasteiger partial charge in [0.1, 0.15) is 0 Å². The van der Waals surface area contributed by atoms with Gasteiger partial charge >= 0.3 is 0 Å². The van der Waals surface area contributed by atoms with Crippen LogP contribution in [-0.2, 0) is 0 Å². The second-order valence-corrected chi connectivity index (χ2v) is 3.94. The highest BCUT2D eigenvalue weighted by atomic mass is 15.1. The fourth-order valence-corrected chi connectivity index (χ4v) is 2.07. The molecule has 1 unspecified atom stereocenters. The van der Waals surface area contributed by atoms with Gasteiger partial charge < -0.3 is 0 Å². The van der Waals surface area contributed by atoms with Gasteiger partial charge in [0.05, 0.1) is 6.04 Å². The van der Waals surface area contributed by atoms with Gasteiger partial charge in [0.2, 0.25) is 0 Å². The molecule has 0 aromatic heterocycles. The van der Waals surface area contributed by atoms with Crippen LogP contribution in [0.1, 0.15) is 33.6 Å². The monoisotopic (exact) mass is 206 g/mol. The second kappa shape index (κ2) is 5.86. The molecule has 1 atom stereocenters. The molecule has 2 heteroatoms. The molecule has 0 amide bonds. The molecule has 84 valence electrons. The van der Waals surface area contributed by atoms with E-state index in [9.17, 15) is 0 Å². The Bertz CT molecular complexity index is 287. The van der Waals surface area contributed by atoms with Crippen molar-refractivity contribution < 1.29 is 0 Å². The Hall–Kier alpha value is -0.890. The van der Waals surface area contributed by atoms with Gasteiger partial charge in [-0.1, -0.05) is 19.9 Å². The van der Waals surface area contributed by atoms with E-state index in [1.54, 1.807) is 0 Å². The van der Waals surface area contributed by atoms with Gasteiger partial charge in [0.15, 0.2) is 0 Å². The van der Waals surface area contributed by atoms with Crippen molar-refractivity contribution in [2.24, 2.45) is 4.99 Å². The maximum absolute atomic E-state index is 4.43.